The van der Waals surface area contributed by atoms with Crippen molar-refractivity contribution in [3.8, 4) is 0 Å². The third-order valence-electron chi connectivity index (χ3n) is 5.65. The van der Waals surface area contributed by atoms with Crippen LogP contribution in [-0.4, -0.2) is 17.1 Å². The second-order valence-electron chi connectivity index (χ2n) is 6.76. The monoisotopic (exact) mass is 235 g/mol. The van der Waals surface area contributed by atoms with E-state index in [4.69, 9.17) is 5.73 Å². The summed E-state index contributed by atoms with van der Waals surface area (Å²) >= 11 is 0. The van der Waals surface area contributed by atoms with Crippen LogP contribution in [0.2, 0.25) is 0 Å². The van der Waals surface area contributed by atoms with Gasteiger partial charge in [0.15, 0.2) is 0 Å². The Morgan fingerprint density at radius 1 is 1.47 bits per heavy atom. The molecule has 17 heavy (non-hydrogen) atoms. The summed E-state index contributed by atoms with van der Waals surface area (Å²) in [7, 11) is 0. The molecule has 2 atom stereocenters. The van der Waals surface area contributed by atoms with Crippen molar-refractivity contribution in [3.05, 3.63) is 11.6 Å². The average Bonchev–Trinajstić information content (AvgIpc) is 2.23. The Bertz CT molecular complexity index is 404. The quantitative estimate of drug-likeness (QED) is 0.721. The summed E-state index contributed by atoms with van der Waals surface area (Å²) in [4.78, 5) is 11.6. The molecule has 4 aliphatic carbocycles. The Morgan fingerprint density at radius 2 is 2.12 bits per heavy atom. The number of carboxylic acid groups (broad SMARTS) is 1. The predicted molar refractivity (Wildman–Crippen MR) is 65.4 cm³/mol. The minimum Gasteiger partial charge on any atom is -0.481 e. The van der Waals surface area contributed by atoms with Gasteiger partial charge >= 0.3 is 5.97 Å². The molecule has 3 heteroatoms. The molecule has 0 radical (unpaired) electrons. The van der Waals surface area contributed by atoms with Crippen LogP contribution in [0.1, 0.15) is 39.5 Å². The summed E-state index contributed by atoms with van der Waals surface area (Å²) in [6, 6.07) is 0.0768. The fraction of sp³-hybridized carbons (Fsp3) is 0.786. The minimum absolute atomic E-state index is 0.0768. The molecule has 3 nitrogen and oxygen atoms in total. The van der Waals surface area contributed by atoms with Crippen LogP contribution in [0.5, 0.6) is 0 Å². The first-order chi connectivity index (χ1) is 7.88. The van der Waals surface area contributed by atoms with E-state index in [1.165, 1.54) is 12.0 Å². The molecule has 0 aromatic carbocycles. The lowest BCUT2D eigenvalue weighted by atomic mass is 9.43. The summed E-state index contributed by atoms with van der Waals surface area (Å²) in [5.41, 5.74) is 6.71. The molecule has 2 saturated carbocycles. The van der Waals surface area contributed by atoms with Crippen LogP contribution in [0.4, 0.5) is 0 Å². The predicted octanol–water partition coefficient (Wildman–Crippen LogP) is 2.17. The number of aliphatic carboxylic acids is 1. The van der Waals surface area contributed by atoms with E-state index in [-0.39, 0.29) is 6.04 Å². The lowest BCUT2D eigenvalue weighted by Crippen LogP contribution is -2.58. The van der Waals surface area contributed by atoms with E-state index in [9.17, 15) is 9.90 Å². The van der Waals surface area contributed by atoms with Gasteiger partial charge in [0.25, 0.3) is 0 Å². The number of hydrogen-bond donors (Lipinski definition) is 2. The maximum absolute atomic E-state index is 11.6. The Labute approximate surface area is 102 Å². The van der Waals surface area contributed by atoms with Crippen molar-refractivity contribution in [2.24, 2.45) is 28.4 Å². The Kier molecular flexibility index (Phi) is 2.08. The fourth-order valence-electron chi connectivity index (χ4n) is 4.25. The van der Waals surface area contributed by atoms with E-state index >= 15 is 0 Å². The van der Waals surface area contributed by atoms with Crippen molar-refractivity contribution >= 4 is 5.97 Å². The van der Waals surface area contributed by atoms with Crippen LogP contribution in [-0.2, 0) is 4.79 Å². The van der Waals surface area contributed by atoms with Crippen molar-refractivity contribution in [2.75, 3.05) is 0 Å². The number of allylic oxidation sites excluding steroid dienone is 1. The highest BCUT2D eigenvalue weighted by atomic mass is 16.4. The highest BCUT2D eigenvalue weighted by Crippen LogP contribution is 2.65. The van der Waals surface area contributed by atoms with Gasteiger partial charge in [-0.25, -0.2) is 0 Å². The minimum atomic E-state index is -0.661. The topological polar surface area (TPSA) is 63.3 Å². The summed E-state index contributed by atoms with van der Waals surface area (Å²) in [5, 5.41) is 9.56. The smallest absolute Gasteiger partial charge is 0.313 e. The van der Waals surface area contributed by atoms with Gasteiger partial charge in [0.05, 0.1) is 5.41 Å². The van der Waals surface area contributed by atoms with E-state index in [0.717, 1.165) is 12.3 Å². The number of rotatable bonds is 2. The van der Waals surface area contributed by atoms with Crippen molar-refractivity contribution in [3.63, 3.8) is 0 Å². The molecule has 0 saturated heterocycles. The molecular formula is C14H21NO2. The van der Waals surface area contributed by atoms with Crippen LogP contribution in [0.15, 0.2) is 11.6 Å². The molecule has 2 unspecified atom stereocenters. The summed E-state index contributed by atoms with van der Waals surface area (Å²) in [6.45, 7) is 4.57. The van der Waals surface area contributed by atoms with Crippen molar-refractivity contribution < 1.29 is 9.90 Å². The van der Waals surface area contributed by atoms with Crippen molar-refractivity contribution in [1.82, 2.24) is 0 Å². The van der Waals surface area contributed by atoms with Crippen LogP contribution < -0.4 is 5.73 Å². The summed E-state index contributed by atoms with van der Waals surface area (Å²) in [5.74, 6) is 0.576. The number of nitrogens with two attached hydrogens (primary N) is 1. The largest absolute Gasteiger partial charge is 0.481 e. The van der Waals surface area contributed by atoms with Crippen LogP contribution in [0.25, 0.3) is 0 Å². The number of fused-ring (bicyclic) bond motifs is 1. The van der Waals surface area contributed by atoms with Gasteiger partial charge in [-0.15, -0.1) is 0 Å². The fourth-order valence-corrected chi connectivity index (χ4v) is 4.25. The lowest BCUT2D eigenvalue weighted by molar-refractivity contribution is -0.155. The van der Waals surface area contributed by atoms with Gasteiger partial charge in [-0.3, -0.25) is 4.79 Å². The first-order valence-electron chi connectivity index (χ1n) is 6.57. The molecule has 0 aromatic heterocycles. The van der Waals surface area contributed by atoms with E-state index in [2.05, 4.69) is 19.9 Å². The Balaban J connectivity index is 1.94. The van der Waals surface area contributed by atoms with E-state index in [1.807, 2.05) is 0 Å². The second kappa shape index (κ2) is 3.14. The zero-order chi connectivity index (χ0) is 12.4. The van der Waals surface area contributed by atoms with Gasteiger partial charge in [-0.1, -0.05) is 25.5 Å². The first-order valence-corrected chi connectivity index (χ1v) is 6.57. The molecule has 2 fully saturated rings. The Hall–Kier alpha value is -0.830. The zero-order valence-electron chi connectivity index (χ0n) is 10.6. The number of carboxylic acids is 1. The van der Waals surface area contributed by atoms with E-state index in [0.29, 0.717) is 24.2 Å². The third-order valence-corrected chi connectivity index (χ3v) is 5.65. The lowest BCUT2D eigenvalue weighted by Gasteiger charge is -2.61. The van der Waals surface area contributed by atoms with Gasteiger partial charge in [-0.05, 0) is 42.9 Å². The third kappa shape index (κ3) is 1.23. The molecule has 2 bridgehead atoms. The molecule has 3 N–H and O–H groups in total. The number of hydrogen-bond acceptors (Lipinski definition) is 2. The average molecular weight is 235 g/mol. The molecule has 0 spiro atoms. The van der Waals surface area contributed by atoms with Gasteiger partial charge in [0.2, 0.25) is 0 Å². The summed E-state index contributed by atoms with van der Waals surface area (Å²) < 4.78 is 0. The Morgan fingerprint density at radius 3 is 2.53 bits per heavy atom. The van der Waals surface area contributed by atoms with Gasteiger partial charge < -0.3 is 10.8 Å². The maximum atomic E-state index is 11.6. The van der Waals surface area contributed by atoms with Crippen molar-refractivity contribution in [2.45, 2.75) is 45.6 Å². The molecule has 0 amide bonds. The molecule has 0 aromatic rings. The first kappa shape index (κ1) is 11.3. The second-order valence-corrected chi connectivity index (χ2v) is 6.76. The van der Waals surface area contributed by atoms with Crippen LogP contribution >= 0.6 is 0 Å². The highest BCUT2D eigenvalue weighted by molar-refractivity contribution is 5.81. The van der Waals surface area contributed by atoms with Gasteiger partial charge in [-0.2, -0.15) is 0 Å². The van der Waals surface area contributed by atoms with Crippen LogP contribution in [0, 0.1) is 22.7 Å². The van der Waals surface area contributed by atoms with Gasteiger partial charge in [0, 0.05) is 6.04 Å². The molecular weight excluding hydrogens is 214 g/mol. The molecule has 0 heterocycles. The standard InChI is InChI=1S/C14H21NO2/c1-13(2)8-3-4-10(11(13)5-8)14(12(16)17)6-9(15)7-14/h4,8-9,11H,3,5-7,15H2,1-2H3,(H,16,17). The van der Waals surface area contributed by atoms with E-state index < -0.39 is 11.4 Å². The SMILES string of the molecule is CC1(C)C2CC=C(C3(C(=O)O)CC(N)C3)C1C2. The highest BCUT2D eigenvalue weighted by Gasteiger charge is 2.61. The molecule has 4 aliphatic rings. The number of carbonyl (C=O) groups is 1. The maximum Gasteiger partial charge on any atom is 0.313 e. The normalized spacial score (nSPS) is 46.5. The van der Waals surface area contributed by atoms with Crippen molar-refractivity contribution in [1.29, 1.82) is 0 Å². The summed E-state index contributed by atoms with van der Waals surface area (Å²) in [6.07, 6.45) is 5.72. The van der Waals surface area contributed by atoms with Crippen LogP contribution in [0.3, 0.4) is 0 Å². The molecule has 0 aliphatic heterocycles. The molecule has 4 rings (SSSR count). The van der Waals surface area contributed by atoms with Gasteiger partial charge in [0.1, 0.15) is 0 Å². The zero-order valence-corrected chi connectivity index (χ0v) is 10.6. The molecule has 94 valence electrons. The van der Waals surface area contributed by atoms with E-state index in [1.54, 1.807) is 0 Å².